The van der Waals surface area contributed by atoms with Crippen LogP contribution in [0.15, 0.2) is 53.4 Å². The highest BCUT2D eigenvalue weighted by Gasteiger charge is 2.33. The second-order valence-corrected chi connectivity index (χ2v) is 7.33. The third kappa shape index (κ3) is 4.21. The van der Waals surface area contributed by atoms with Crippen LogP contribution in [0, 0.1) is 15.9 Å². The highest BCUT2D eigenvalue weighted by atomic mass is 32.2. The van der Waals surface area contributed by atoms with Crippen LogP contribution in [0.25, 0.3) is 0 Å². The standard InChI is InChI=1S/C16H15FN2O6S/c1-11(16(20)21)18(10-12-2-6-14(7-3-12)19(22)23)26(24,25)15-8-4-13(17)5-9-15/h2-9,11H,10H2,1H3,(H,20,21)/t11-/m0/s1. The first-order valence-corrected chi connectivity index (χ1v) is 8.80. The zero-order chi connectivity index (χ0) is 19.5. The largest absolute Gasteiger partial charge is 0.480 e. The van der Waals surface area contributed by atoms with Crippen LogP contribution in [0.5, 0.6) is 0 Å². The van der Waals surface area contributed by atoms with Gasteiger partial charge < -0.3 is 5.11 Å². The molecule has 0 aromatic heterocycles. The van der Waals surface area contributed by atoms with E-state index in [1.807, 2.05) is 0 Å². The lowest BCUT2D eigenvalue weighted by Gasteiger charge is -2.25. The number of hydrogen-bond donors (Lipinski definition) is 1. The zero-order valence-electron chi connectivity index (χ0n) is 13.6. The lowest BCUT2D eigenvalue weighted by atomic mass is 10.2. The van der Waals surface area contributed by atoms with E-state index in [0.717, 1.165) is 28.6 Å². The predicted octanol–water partition coefficient (Wildman–Crippen LogP) is 2.40. The first-order valence-electron chi connectivity index (χ1n) is 7.36. The van der Waals surface area contributed by atoms with E-state index in [1.165, 1.54) is 31.2 Å². The number of rotatable bonds is 7. The molecule has 1 atom stereocenters. The number of nitrogens with zero attached hydrogens (tertiary/aromatic N) is 2. The van der Waals surface area contributed by atoms with Crippen molar-refractivity contribution in [3.8, 4) is 0 Å². The molecule has 0 bridgehead atoms. The molecule has 0 fully saturated rings. The summed E-state index contributed by atoms with van der Waals surface area (Å²) in [5.74, 6) is -1.99. The van der Waals surface area contributed by atoms with Crippen molar-refractivity contribution < 1.29 is 27.6 Å². The third-order valence-electron chi connectivity index (χ3n) is 3.70. The Morgan fingerprint density at radius 3 is 2.19 bits per heavy atom. The van der Waals surface area contributed by atoms with Gasteiger partial charge in [0.1, 0.15) is 11.9 Å². The molecule has 0 unspecified atom stereocenters. The van der Waals surface area contributed by atoms with Gasteiger partial charge in [-0.15, -0.1) is 0 Å². The second kappa shape index (κ2) is 7.58. The Bertz CT molecular complexity index is 913. The lowest BCUT2D eigenvalue weighted by molar-refractivity contribution is -0.384. The minimum atomic E-state index is -4.23. The minimum absolute atomic E-state index is 0.173. The molecule has 1 N–H and O–H groups in total. The molecule has 10 heteroatoms. The monoisotopic (exact) mass is 382 g/mol. The smallest absolute Gasteiger partial charge is 0.321 e. The fraction of sp³-hybridized carbons (Fsp3) is 0.188. The number of aliphatic carboxylic acids is 1. The van der Waals surface area contributed by atoms with E-state index in [4.69, 9.17) is 0 Å². The van der Waals surface area contributed by atoms with Crippen molar-refractivity contribution in [1.82, 2.24) is 4.31 Å². The maximum Gasteiger partial charge on any atom is 0.321 e. The summed E-state index contributed by atoms with van der Waals surface area (Å²) >= 11 is 0. The van der Waals surface area contributed by atoms with Crippen molar-refractivity contribution in [1.29, 1.82) is 0 Å². The van der Waals surface area contributed by atoms with Crippen LogP contribution in [0.1, 0.15) is 12.5 Å². The summed E-state index contributed by atoms with van der Waals surface area (Å²) in [5.41, 5.74) is 0.197. The van der Waals surface area contributed by atoms with E-state index in [-0.39, 0.29) is 17.1 Å². The molecule has 0 aliphatic heterocycles. The first kappa shape index (κ1) is 19.5. The molecule has 0 aliphatic rings. The lowest BCUT2D eigenvalue weighted by Crippen LogP contribution is -2.42. The minimum Gasteiger partial charge on any atom is -0.480 e. The van der Waals surface area contributed by atoms with Crippen LogP contribution < -0.4 is 0 Å². The molecular weight excluding hydrogens is 367 g/mol. The van der Waals surface area contributed by atoms with Crippen molar-refractivity contribution in [2.45, 2.75) is 24.4 Å². The molecule has 0 heterocycles. The summed E-state index contributed by atoms with van der Waals surface area (Å²) in [4.78, 5) is 21.2. The molecule has 26 heavy (non-hydrogen) atoms. The molecule has 0 saturated carbocycles. The number of hydrogen-bond acceptors (Lipinski definition) is 5. The summed E-state index contributed by atoms with van der Waals surface area (Å²) in [6.07, 6.45) is 0. The van der Waals surface area contributed by atoms with Crippen LogP contribution in [0.3, 0.4) is 0 Å². The summed E-state index contributed by atoms with van der Waals surface area (Å²) in [5, 5.41) is 19.9. The van der Waals surface area contributed by atoms with Crippen LogP contribution in [0.2, 0.25) is 0 Å². The Kier molecular flexibility index (Phi) is 5.68. The quantitative estimate of drug-likeness (QED) is 0.580. The van der Waals surface area contributed by atoms with Gasteiger partial charge in [0.2, 0.25) is 10.0 Å². The molecule has 0 spiro atoms. The van der Waals surface area contributed by atoms with Gasteiger partial charge in [-0.25, -0.2) is 12.8 Å². The van der Waals surface area contributed by atoms with Gasteiger partial charge in [-0.1, -0.05) is 12.1 Å². The number of non-ortho nitro benzene ring substituents is 1. The maximum atomic E-state index is 13.1. The predicted molar refractivity (Wildman–Crippen MR) is 89.3 cm³/mol. The Morgan fingerprint density at radius 2 is 1.73 bits per heavy atom. The topological polar surface area (TPSA) is 118 Å². The zero-order valence-corrected chi connectivity index (χ0v) is 14.4. The summed E-state index contributed by atoms with van der Waals surface area (Å²) in [6, 6.07) is 7.70. The summed E-state index contributed by atoms with van der Waals surface area (Å²) in [6.45, 7) is 0.889. The van der Waals surface area contributed by atoms with Gasteiger partial charge in [0.05, 0.1) is 9.82 Å². The molecule has 2 aromatic rings. The number of halogens is 1. The summed E-state index contributed by atoms with van der Waals surface area (Å²) in [7, 11) is -4.23. The van der Waals surface area contributed by atoms with Gasteiger partial charge in [-0.2, -0.15) is 4.31 Å². The Hall–Kier alpha value is -2.85. The average Bonchev–Trinajstić information content (AvgIpc) is 2.59. The van der Waals surface area contributed by atoms with E-state index < -0.39 is 32.8 Å². The van der Waals surface area contributed by atoms with E-state index in [0.29, 0.717) is 5.56 Å². The molecule has 138 valence electrons. The van der Waals surface area contributed by atoms with Gasteiger partial charge in [0.25, 0.3) is 5.69 Å². The molecule has 0 radical (unpaired) electrons. The van der Waals surface area contributed by atoms with Crippen LogP contribution in [0.4, 0.5) is 10.1 Å². The van der Waals surface area contributed by atoms with Crippen LogP contribution >= 0.6 is 0 Å². The molecule has 0 aliphatic carbocycles. The van der Waals surface area contributed by atoms with E-state index in [2.05, 4.69) is 0 Å². The van der Waals surface area contributed by atoms with E-state index in [1.54, 1.807) is 0 Å². The Balaban J connectivity index is 2.41. The van der Waals surface area contributed by atoms with Gasteiger partial charge in [0, 0.05) is 18.7 Å². The van der Waals surface area contributed by atoms with Crippen molar-refractivity contribution in [3.05, 3.63) is 70.0 Å². The van der Waals surface area contributed by atoms with Crippen molar-refractivity contribution in [2.24, 2.45) is 0 Å². The summed E-state index contributed by atoms with van der Waals surface area (Å²) < 4.78 is 39.4. The van der Waals surface area contributed by atoms with Crippen LogP contribution in [-0.4, -0.2) is 34.8 Å². The number of carboxylic acids is 1. The first-order chi connectivity index (χ1) is 12.1. The van der Waals surface area contributed by atoms with Crippen molar-refractivity contribution in [2.75, 3.05) is 0 Å². The number of nitro groups is 1. The maximum absolute atomic E-state index is 13.1. The average molecular weight is 382 g/mol. The molecule has 2 aromatic carbocycles. The van der Waals surface area contributed by atoms with Gasteiger partial charge in [-0.05, 0) is 36.8 Å². The third-order valence-corrected chi connectivity index (χ3v) is 5.63. The second-order valence-electron chi connectivity index (χ2n) is 5.44. The van der Waals surface area contributed by atoms with Gasteiger partial charge in [-0.3, -0.25) is 14.9 Å². The molecule has 0 amide bonds. The Morgan fingerprint density at radius 1 is 1.19 bits per heavy atom. The van der Waals surface area contributed by atoms with Crippen molar-refractivity contribution >= 4 is 21.7 Å². The number of carboxylic acid groups (broad SMARTS) is 1. The molecule has 8 nitrogen and oxygen atoms in total. The molecular formula is C16H15FN2O6S. The van der Waals surface area contributed by atoms with Crippen molar-refractivity contribution in [3.63, 3.8) is 0 Å². The normalized spacial score (nSPS) is 12.7. The van der Waals surface area contributed by atoms with E-state index in [9.17, 15) is 32.8 Å². The van der Waals surface area contributed by atoms with E-state index >= 15 is 0 Å². The number of carbonyl (C=O) groups is 1. The highest BCUT2D eigenvalue weighted by molar-refractivity contribution is 7.89. The fourth-order valence-corrected chi connectivity index (χ4v) is 3.77. The highest BCUT2D eigenvalue weighted by Crippen LogP contribution is 2.22. The van der Waals surface area contributed by atoms with Gasteiger partial charge in [0.15, 0.2) is 0 Å². The number of nitro benzene ring substituents is 1. The SMILES string of the molecule is C[C@@H](C(=O)O)N(Cc1ccc([N+](=O)[O-])cc1)S(=O)(=O)c1ccc(F)cc1. The fourth-order valence-electron chi connectivity index (χ4n) is 2.20. The molecule has 2 rings (SSSR count). The number of benzene rings is 2. The van der Waals surface area contributed by atoms with Crippen LogP contribution in [-0.2, 0) is 21.4 Å². The van der Waals surface area contributed by atoms with Gasteiger partial charge >= 0.3 is 5.97 Å². The number of sulfonamides is 1. The Labute approximate surface area is 148 Å². The molecule has 0 saturated heterocycles.